The van der Waals surface area contributed by atoms with E-state index in [0.717, 1.165) is 30.4 Å². The quantitative estimate of drug-likeness (QED) is 0.849. The second-order valence-corrected chi connectivity index (χ2v) is 6.65. The number of nitrogens with zero attached hydrogens (tertiary/aromatic N) is 1. The normalized spacial score (nSPS) is 27.0. The summed E-state index contributed by atoms with van der Waals surface area (Å²) in [5, 5.41) is 1.10. The molecule has 0 bridgehead atoms. The number of carbonyl (C=O) groups excluding carboxylic acids is 1. The van der Waals surface area contributed by atoms with Gasteiger partial charge in [-0.1, -0.05) is 12.1 Å². The molecule has 118 valence electrons. The number of amides is 1. The maximum atomic E-state index is 12.7. The molecular weight excluding hydrogens is 298 g/mol. The van der Waals surface area contributed by atoms with Gasteiger partial charge in [-0.05, 0) is 49.3 Å². The highest BCUT2D eigenvalue weighted by atomic mass is 35.5. The summed E-state index contributed by atoms with van der Waals surface area (Å²) in [6.45, 7) is 3.75. The van der Waals surface area contributed by atoms with E-state index in [1.165, 1.54) is 12.0 Å². The summed E-state index contributed by atoms with van der Waals surface area (Å²) < 4.78 is 0. The van der Waals surface area contributed by atoms with Gasteiger partial charge in [0.25, 0.3) is 5.91 Å². The number of aryl methyl sites for hydroxylation is 1. The monoisotopic (exact) mass is 319 g/mol. The molecule has 1 saturated heterocycles. The van der Waals surface area contributed by atoms with Crippen molar-refractivity contribution in [1.82, 2.24) is 9.88 Å². The Morgan fingerprint density at radius 3 is 2.86 bits per heavy atom. The lowest BCUT2D eigenvalue weighted by Gasteiger charge is -2.17. The standard InChI is InChI=1S/C17H21N3O.ClH/c1-10-2-3-11-7-16(19-15(11)6-10)17(21)20-8-12-4-5-14(18)13(12)9-20;/h2-3,6-7,12-14,19H,4-5,8-9,18H2,1H3;1H. The van der Waals surface area contributed by atoms with Crippen molar-refractivity contribution in [2.75, 3.05) is 13.1 Å². The van der Waals surface area contributed by atoms with Crippen LogP contribution in [0.3, 0.4) is 0 Å². The molecule has 5 heteroatoms. The molecule has 2 fully saturated rings. The van der Waals surface area contributed by atoms with Gasteiger partial charge in [-0.2, -0.15) is 0 Å². The molecule has 0 spiro atoms. The van der Waals surface area contributed by atoms with Crippen LogP contribution in [0.25, 0.3) is 10.9 Å². The second-order valence-electron chi connectivity index (χ2n) is 6.65. The molecule has 2 aliphatic rings. The van der Waals surface area contributed by atoms with Crippen LogP contribution in [0.5, 0.6) is 0 Å². The van der Waals surface area contributed by atoms with Crippen molar-refractivity contribution in [3.05, 3.63) is 35.5 Å². The first-order valence-electron chi connectivity index (χ1n) is 7.76. The van der Waals surface area contributed by atoms with Crippen LogP contribution in [-0.4, -0.2) is 34.9 Å². The Kier molecular flexibility index (Phi) is 3.91. The lowest BCUT2D eigenvalue weighted by atomic mass is 9.98. The molecule has 1 saturated carbocycles. The number of nitrogens with one attached hydrogen (secondary N) is 1. The van der Waals surface area contributed by atoms with E-state index in [1.807, 2.05) is 11.0 Å². The molecule has 2 heterocycles. The topological polar surface area (TPSA) is 62.1 Å². The molecule has 3 unspecified atom stereocenters. The van der Waals surface area contributed by atoms with Crippen LogP contribution in [-0.2, 0) is 0 Å². The summed E-state index contributed by atoms with van der Waals surface area (Å²) in [5.41, 5.74) is 9.09. The van der Waals surface area contributed by atoms with Crippen LogP contribution >= 0.6 is 12.4 Å². The van der Waals surface area contributed by atoms with Crippen LogP contribution < -0.4 is 5.73 Å². The predicted molar refractivity (Wildman–Crippen MR) is 90.4 cm³/mol. The number of carbonyl (C=O) groups is 1. The third kappa shape index (κ3) is 2.40. The fourth-order valence-corrected chi connectivity index (χ4v) is 4.00. The van der Waals surface area contributed by atoms with Crippen molar-refractivity contribution in [2.24, 2.45) is 17.6 Å². The highest BCUT2D eigenvalue weighted by Crippen LogP contribution is 2.37. The number of H-pyrrole nitrogens is 1. The number of benzene rings is 1. The number of aromatic nitrogens is 1. The molecule has 4 nitrogen and oxygen atoms in total. The number of hydrogen-bond donors (Lipinski definition) is 2. The molecule has 0 radical (unpaired) electrons. The SMILES string of the molecule is Cc1ccc2cc(C(=O)N3CC4CCC(N)C4C3)[nH]c2c1.Cl. The molecule has 2 aromatic rings. The lowest BCUT2D eigenvalue weighted by molar-refractivity contribution is 0.0774. The van der Waals surface area contributed by atoms with Crippen molar-refractivity contribution >= 4 is 29.2 Å². The van der Waals surface area contributed by atoms with Crippen LogP contribution in [0.1, 0.15) is 28.9 Å². The summed E-state index contributed by atoms with van der Waals surface area (Å²) in [4.78, 5) is 17.9. The summed E-state index contributed by atoms with van der Waals surface area (Å²) >= 11 is 0. The molecule has 1 aromatic heterocycles. The number of halogens is 1. The van der Waals surface area contributed by atoms with E-state index in [1.54, 1.807) is 0 Å². The number of likely N-dealkylation sites (tertiary alicyclic amines) is 1. The lowest BCUT2D eigenvalue weighted by Crippen LogP contribution is -2.33. The molecule has 1 aromatic carbocycles. The molecular formula is C17H22ClN3O. The smallest absolute Gasteiger partial charge is 0.270 e. The summed E-state index contributed by atoms with van der Waals surface area (Å²) in [6.07, 6.45) is 2.28. The van der Waals surface area contributed by atoms with Crippen molar-refractivity contribution < 1.29 is 4.79 Å². The van der Waals surface area contributed by atoms with Gasteiger partial charge in [0.15, 0.2) is 0 Å². The zero-order chi connectivity index (χ0) is 14.6. The first-order valence-corrected chi connectivity index (χ1v) is 7.76. The summed E-state index contributed by atoms with van der Waals surface area (Å²) in [6, 6.07) is 8.46. The van der Waals surface area contributed by atoms with Gasteiger partial charge in [-0.25, -0.2) is 0 Å². The summed E-state index contributed by atoms with van der Waals surface area (Å²) in [7, 11) is 0. The number of nitrogens with two attached hydrogens (primary N) is 1. The van der Waals surface area contributed by atoms with Crippen molar-refractivity contribution in [1.29, 1.82) is 0 Å². The maximum absolute atomic E-state index is 12.7. The molecule has 1 aliphatic heterocycles. The zero-order valence-corrected chi connectivity index (χ0v) is 13.5. The van der Waals surface area contributed by atoms with Gasteiger partial charge in [0, 0.05) is 30.0 Å². The van der Waals surface area contributed by atoms with Gasteiger partial charge in [-0.15, -0.1) is 12.4 Å². The third-order valence-corrected chi connectivity index (χ3v) is 5.21. The first-order chi connectivity index (χ1) is 10.1. The second kappa shape index (κ2) is 5.60. The highest BCUT2D eigenvalue weighted by molar-refractivity contribution is 5.98. The molecule has 1 aliphatic carbocycles. The fraction of sp³-hybridized carbons (Fsp3) is 0.471. The maximum Gasteiger partial charge on any atom is 0.270 e. The van der Waals surface area contributed by atoms with E-state index in [-0.39, 0.29) is 24.4 Å². The minimum absolute atomic E-state index is 0. The van der Waals surface area contributed by atoms with Gasteiger partial charge in [0.2, 0.25) is 0 Å². The van der Waals surface area contributed by atoms with Crippen LogP contribution in [0, 0.1) is 18.8 Å². The van der Waals surface area contributed by atoms with Crippen molar-refractivity contribution in [3.63, 3.8) is 0 Å². The van der Waals surface area contributed by atoms with Crippen molar-refractivity contribution in [2.45, 2.75) is 25.8 Å². The number of fused-ring (bicyclic) bond motifs is 2. The van der Waals surface area contributed by atoms with Crippen molar-refractivity contribution in [3.8, 4) is 0 Å². The van der Waals surface area contributed by atoms with E-state index < -0.39 is 0 Å². The van der Waals surface area contributed by atoms with E-state index in [9.17, 15) is 4.79 Å². The molecule has 3 N–H and O–H groups in total. The molecule has 4 rings (SSSR count). The Hall–Kier alpha value is -1.52. The van der Waals surface area contributed by atoms with Gasteiger partial charge < -0.3 is 15.6 Å². The van der Waals surface area contributed by atoms with E-state index in [4.69, 9.17) is 5.73 Å². The van der Waals surface area contributed by atoms with Crippen LogP contribution in [0.2, 0.25) is 0 Å². The zero-order valence-electron chi connectivity index (χ0n) is 12.7. The Balaban J connectivity index is 0.00000144. The van der Waals surface area contributed by atoms with E-state index in [2.05, 4.69) is 30.1 Å². The molecule has 1 amide bonds. The van der Waals surface area contributed by atoms with Crippen LogP contribution in [0.4, 0.5) is 0 Å². The number of aromatic amines is 1. The minimum Gasteiger partial charge on any atom is -0.351 e. The Morgan fingerprint density at radius 1 is 1.27 bits per heavy atom. The third-order valence-electron chi connectivity index (χ3n) is 5.21. The molecule has 3 atom stereocenters. The van der Waals surface area contributed by atoms with E-state index >= 15 is 0 Å². The van der Waals surface area contributed by atoms with Gasteiger partial charge in [0.05, 0.1) is 0 Å². The summed E-state index contributed by atoms with van der Waals surface area (Å²) in [5.74, 6) is 1.22. The Labute approximate surface area is 136 Å². The Bertz CT molecular complexity index is 711. The van der Waals surface area contributed by atoms with Gasteiger partial charge in [0.1, 0.15) is 5.69 Å². The highest BCUT2D eigenvalue weighted by Gasteiger charge is 2.42. The molecule has 22 heavy (non-hydrogen) atoms. The minimum atomic E-state index is 0. The average molecular weight is 320 g/mol. The van der Waals surface area contributed by atoms with Gasteiger partial charge in [-0.3, -0.25) is 4.79 Å². The van der Waals surface area contributed by atoms with Gasteiger partial charge >= 0.3 is 0 Å². The number of hydrogen-bond acceptors (Lipinski definition) is 2. The number of rotatable bonds is 1. The van der Waals surface area contributed by atoms with E-state index in [0.29, 0.717) is 17.5 Å². The predicted octanol–water partition coefficient (Wildman–Crippen LogP) is 2.71. The average Bonchev–Trinajstić information content (AvgIpc) is 3.13. The Morgan fingerprint density at radius 2 is 2.09 bits per heavy atom. The first kappa shape index (κ1) is 15.4. The largest absolute Gasteiger partial charge is 0.351 e. The van der Waals surface area contributed by atoms with Crippen LogP contribution in [0.15, 0.2) is 24.3 Å². The fourth-order valence-electron chi connectivity index (χ4n) is 4.00.